The highest BCUT2D eigenvalue weighted by Crippen LogP contribution is 2.29. The Morgan fingerprint density at radius 2 is 1.91 bits per heavy atom. The molecular formula is C24H24Cl2N6O3. The highest BCUT2D eigenvalue weighted by atomic mass is 35.5. The minimum absolute atomic E-state index is 0.00520. The van der Waals surface area contributed by atoms with E-state index in [1.54, 1.807) is 18.2 Å². The van der Waals surface area contributed by atoms with E-state index in [9.17, 15) is 4.79 Å². The Morgan fingerprint density at radius 1 is 1.11 bits per heavy atom. The predicted octanol–water partition coefficient (Wildman–Crippen LogP) is 4.15. The molecular weight excluding hydrogens is 491 g/mol. The number of fused-ring (bicyclic) bond motifs is 1. The Balaban J connectivity index is 1.40. The van der Waals surface area contributed by atoms with Crippen LogP contribution in [-0.4, -0.2) is 62.3 Å². The molecule has 0 atom stereocenters. The van der Waals surface area contributed by atoms with Gasteiger partial charge in [-0.05, 0) is 42.8 Å². The molecule has 1 N–H and O–H groups in total. The lowest BCUT2D eigenvalue weighted by atomic mass is 10.2. The lowest BCUT2D eigenvalue weighted by molar-refractivity contribution is 0.0296. The molecule has 3 heterocycles. The van der Waals surface area contributed by atoms with Gasteiger partial charge in [0.2, 0.25) is 0 Å². The molecule has 182 valence electrons. The molecule has 35 heavy (non-hydrogen) atoms. The van der Waals surface area contributed by atoms with Crippen LogP contribution in [-0.2, 0) is 24.3 Å². The number of ether oxygens (including phenoxy) is 2. The topological polar surface area (TPSA) is 98.2 Å². The number of amides is 1. The molecule has 2 aromatic carbocycles. The molecule has 1 saturated heterocycles. The largest absolute Gasteiger partial charge is 0.489 e. The van der Waals surface area contributed by atoms with Gasteiger partial charge >= 0.3 is 0 Å². The summed E-state index contributed by atoms with van der Waals surface area (Å²) >= 11 is 12.6. The van der Waals surface area contributed by atoms with E-state index in [1.165, 1.54) is 0 Å². The minimum Gasteiger partial charge on any atom is -0.489 e. The fraction of sp³-hybridized carbons (Fsp3) is 0.333. The van der Waals surface area contributed by atoms with Crippen LogP contribution in [0.25, 0.3) is 10.9 Å². The third-order valence-corrected chi connectivity index (χ3v) is 6.71. The van der Waals surface area contributed by atoms with Gasteiger partial charge in [0.1, 0.15) is 18.1 Å². The van der Waals surface area contributed by atoms with Crippen LogP contribution >= 0.6 is 23.2 Å². The van der Waals surface area contributed by atoms with Crippen LogP contribution < -0.4 is 4.74 Å². The second-order valence-corrected chi connectivity index (χ2v) is 9.04. The van der Waals surface area contributed by atoms with Crippen molar-refractivity contribution in [1.29, 1.82) is 0 Å². The molecule has 4 aromatic rings. The van der Waals surface area contributed by atoms with E-state index >= 15 is 0 Å². The van der Waals surface area contributed by atoms with Crippen molar-refractivity contribution in [3.8, 4) is 5.75 Å². The normalized spacial score (nSPS) is 13.9. The van der Waals surface area contributed by atoms with Gasteiger partial charge < -0.3 is 18.9 Å². The number of rotatable bonds is 8. The molecule has 11 heteroatoms. The number of aromatic amines is 1. The first-order chi connectivity index (χ1) is 17.1. The maximum absolute atomic E-state index is 13.4. The van der Waals surface area contributed by atoms with Crippen LogP contribution in [0, 0.1) is 0 Å². The zero-order valence-corrected chi connectivity index (χ0v) is 20.4. The van der Waals surface area contributed by atoms with Gasteiger partial charge in [-0.2, -0.15) is 5.21 Å². The summed E-state index contributed by atoms with van der Waals surface area (Å²) in [5.74, 6) is 1.31. The molecule has 0 unspecified atom stereocenters. The third kappa shape index (κ3) is 5.27. The Kier molecular flexibility index (Phi) is 7.17. The highest BCUT2D eigenvalue weighted by molar-refractivity contribution is 6.35. The quantitative estimate of drug-likeness (QED) is 0.379. The van der Waals surface area contributed by atoms with E-state index in [2.05, 4.69) is 25.2 Å². The van der Waals surface area contributed by atoms with Crippen molar-refractivity contribution < 1.29 is 14.3 Å². The highest BCUT2D eigenvalue weighted by Gasteiger charge is 2.23. The van der Waals surface area contributed by atoms with Gasteiger partial charge in [0.05, 0.1) is 13.2 Å². The number of hydrogen-bond donors (Lipinski definition) is 1. The number of halogens is 2. The summed E-state index contributed by atoms with van der Waals surface area (Å²) in [6.45, 7) is 3.14. The minimum atomic E-state index is -0.00520. The standard InChI is InChI=1S/C24H24Cl2N6O3/c25-19-3-1-4-20(26)18(19)15-35-17-6-7-21-16(13-17)14-22(24(33)31-9-11-34-12-10-31)32(21)8-2-5-23-27-29-30-28-23/h1,3-4,6-7,13-14H,2,5,8-12,15H2,(H,27,28,29,30). The fourth-order valence-electron chi connectivity index (χ4n) is 4.19. The van der Waals surface area contributed by atoms with Gasteiger partial charge in [-0.3, -0.25) is 4.79 Å². The van der Waals surface area contributed by atoms with Crippen LogP contribution in [0.4, 0.5) is 0 Å². The first-order valence-electron chi connectivity index (χ1n) is 11.4. The van der Waals surface area contributed by atoms with E-state index < -0.39 is 0 Å². The zero-order chi connectivity index (χ0) is 24.2. The van der Waals surface area contributed by atoms with Crippen LogP contribution in [0.15, 0.2) is 42.5 Å². The van der Waals surface area contributed by atoms with Crippen molar-refractivity contribution in [2.75, 3.05) is 26.3 Å². The number of H-pyrrole nitrogens is 1. The Morgan fingerprint density at radius 3 is 2.66 bits per heavy atom. The summed E-state index contributed by atoms with van der Waals surface area (Å²) in [4.78, 5) is 15.2. The molecule has 0 aliphatic carbocycles. The summed E-state index contributed by atoms with van der Waals surface area (Å²) in [5.41, 5.74) is 2.33. The first-order valence-corrected chi connectivity index (χ1v) is 12.1. The molecule has 1 aliphatic rings. The molecule has 0 bridgehead atoms. The first kappa shape index (κ1) is 23.6. The van der Waals surface area contributed by atoms with E-state index in [0.717, 1.165) is 22.9 Å². The van der Waals surface area contributed by atoms with Gasteiger partial charge in [-0.1, -0.05) is 34.5 Å². The SMILES string of the molecule is O=C(c1cc2cc(OCc3c(Cl)cccc3Cl)ccc2n1CCCc1nn[nH]n1)N1CCOCC1. The monoisotopic (exact) mass is 514 g/mol. The number of carbonyl (C=O) groups is 1. The number of aryl methyl sites for hydroxylation is 2. The van der Waals surface area contributed by atoms with Gasteiger partial charge in [-0.25, -0.2) is 0 Å². The Bertz CT molecular complexity index is 1300. The molecule has 0 radical (unpaired) electrons. The summed E-state index contributed by atoms with van der Waals surface area (Å²) in [7, 11) is 0. The molecule has 0 spiro atoms. The smallest absolute Gasteiger partial charge is 0.270 e. The van der Waals surface area contributed by atoms with Crippen LogP contribution in [0.5, 0.6) is 5.75 Å². The van der Waals surface area contributed by atoms with Crippen molar-refractivity contribution in [2.24, 2.45) is 0 Å². The van der Waals surface area contributed by atoms with Gasteiger partial charge in [0, 0.05) is 52.6 Å². The van der Waals surface area contributed by atoms with Gasteiger partial charge in [0.15, 0.2) is 5.82 Å². The van der Waals surface area contributed by atoms with E-state index in [1.807, 2.05) is 29.2 Å². The van der Waals surface area contributed by atoms with Crippen LogP contribution in [0.1, 0.15) is 28.3 Å². The average Bonchev–Trinajstić information content (AvgIpc) is 3.52. The summed E-state index contributed by atoms with van der Waals surface area (Å²) in [6, 6.07) is 13.1. The Hall–Kier alpha value is -3.14. The number of nitrogens with zero attached hydrogens (tertiary/aromatic N) is 5. The number of aromatic nitrogens is 5. The van der Waals surface area contributed by atoms with Crippen molar-refractivity contribution in [1.82, 2.24) is 30.1 Å². The number of morpholine rings is 1. The van der Waals surface area contributed by atoms with Gasteiger partial charge in [0.25, 0.3) is 5.91 Å². The summed E-state index contributed by atoms with van der Waals surface area (Å²) < 4.78 is 13.5. The van der Waals surface area contributed by atoms with E-state index in [-0.39, 0.29) is 12.5 Å². The van der Waals surface area contributed by atoms with E-state index in [0.29, 0.717) is 66.6 Å². The second-order valence-electron chi connectivity index (χ2n) is 8.23. The van der Waals surface area contributed by atoms with Gasteiger partial charge in [-0.15, -0.1) is 10.2 Å². The molecule has 5 rings (SSSR count). The fourth-order valence-corrected chi connectivity index (χ4v) is 4.70. The average molecular weight is 515 g/mol. The number of nitrogens with one attached hydrogen (secondary N) is 1. The number of tetrazole rings is 1. The van der Waals surface area contributed by atoms with Crippen LogP contribution in [0.2, 0.25) is 10.0 Å². The predicted molar refractivity (Wildman–Crippen MR) is 132 cm³/mol. The van der Waals surface area contributed by atoms with Crippen molar-refractivity contribution in [3.05, 3.63) is 69.6 Å². The number of carbonyl (C=O) groups excluding carboxylic acids is 1. The zero-order valence-electron chi connectivity index (χ0n) is 18.9. The lowest BCUT2D eigenvalue weighted by Crippen LogP contribution is -2.41. The molecule has 1 fully saturated rings. The van der Waals surface area contributed by atoms with Crippen molar-refractivity contribution in [3.63, 3.8) is 0 Å². The van der Waals surface area contributed by atoms with Crippen molar-refractivity contribution >= 4 is 40.0 Å². The molecule has 9 nitrogen and oxygen atoms in total. The molecule has 0 saturated carbocycles. The summed E-state index contributed by atoms with van der Waals surface area (Å²) in [6.07, 6.45) is 1.41. The number of benzene rings is 2. The maximum Gasteiger partial charge on any atom is 0.270 e. The third-order valence-electron chi connectivity index (χ3n) is 6.01. The second kappa shape index (κ2) is 10.6. The number of hydrogen-bond acceptors (Lipinski definition) is 6. The molecule has 1 amide bonds. The van der Waals surface area contributed by atoms with E-state index in [4.69, 9.17) is 32.7 Å². The summed E-state index contributed by atoms with van der Waals surface area (Å²) in [5, 5.41) is 16.2. The van der Waals surface area contributed by atoms with Crippen molar-refractivity contribution in [2.45, 2.75) is 26.0 Å². The molecule has 2 aromatic heterocycles. The Labute approximate surface area is 211 Å². The maximum atomic E-state index is 13.4. The lowest BCUT2D eigenvalue weighted by Gasteiger charge is -2.27. The van der Waals surface area contributed by atoms with Crippen LogP contribution in [0.3, 0.4) is 0 Å². The molecule has 1 aliphatic heterocycles.